The van der Waals surface area contributed by atoms with Gasteiger partial charge < -0.3 is 20.7 Å². The largest absolute Gasteiger partial charge is 0.459 e. The fourth-order valence-corrected chi connectivity index (χ4v) is 1.83. The Kier molecular flexibility index (Phi) is 6.09. The van der Waals surface area contributed by atoms with Gasteiger partial charge in [-0.25, -0.2) is 0 Å². The molecule has 0 aliphatic rings. The Morgan fingerprint density at radius 1 is 1.41 bits per heavy atom. The highest BCUT2D eigenvalue weighted by Crippen LogP contribution is 2.40. The lowest BCUT2D eigenvalue weighted by molar-refractivity contribution is -0.185. The Labute approximate surface area is 103 Å². The summed E-state index contributed by atoms with van der Waals surface area (Å²) in [6.45, 7) is 7.04. The van der Waals surface area contributed by atoms with Crippen molar-refractivity contribution in [3.8, 4) is 0 Å². The zero-order chi connectivity index (χ0) is 13.7. The van der Waals surface area contributed by atoms with Crippen LogP contribution in [-0.2, 0) is 9.53 Å². The summed E-state index contributed by atoms with van der Waals surface area (Å²) in [5, 5.41) is 19.0. The van der Waals surface area contributed by atoms with E-state index in [0.29, 0.717) is 6.42 Å². The summed E-state index contributed by atoms with van der Waals surface area (Å²) in [4.78, 5) is 11.5. The molecule has 0 saturated carbocycles. The van der Waals surface area contributed by atoms with Crippen molar-refractivity contribution in [3.63, 3.8) is 0 Å². The van der Waals surface area contributed by atoms with Gasteiger partial charge >= 0.3 is 5.97 Å². The van der Waals surface area contributed by atoms with E-state index in [1.54, 1.807) is 20.8 Å². The third-order valence-electron chi connectivity index (χ3n) is 3.74. The van der Waals surface area contributed by atoms with E-state index in [9.17, 15) is 9.90 Å². The molecule has 2 atom stereocenters. The summed E-state index contributed by atoms with van der Waals surface area (Å²) < 4.78 is 5.37. The summed E-state index contributed by atoms with van der Waals surface area (Å²) in [7, 11) is 0. The zero-order valence-electron chi connectivity index (χ0n) is 11.2. The number of carbonyl (C=O) groups is 1. The average Bonchev–Trinajstić information content (AvgIpc) is 2.26. The molecule has 0 aromatic rings. The normalized spacial score (nSPS) is 17.4. The van der Waals surface area contributed by atoms with E-state index in [2.05, 4.69) is 0 Å². The third kappa shape index (κ3) is 3.66. The molecule has 17 heavy (non-hydrogen) atoms. The van der Waals surface area contributed by atoms with Crippen LogP contribution in [0.25, 0.3) is 0 Å². The zero-order valence-corrected chi connectivity index (χ0v) is 11.2. The molecular formula is C12H25NO4. The van der Waals surface area contributed by atoms with Crippen molar-refractivity contribution in [2.75, 3.05) is 13.2 Å². The first-order chi connectivity index (χ1) is 7.75. The maximum atomic E-state index is 11.5. The summed E-state index contributed by atoms with van der Waals surface area (Å²) in [5.74, 6) is -0.387. The minimum Gasteiger partial charge on any atom is -0.459 e. The Bertz CT molecular complexity index is 255. The van der Waals surface area contributed by atoms with E-state index in [-0.39, 0.29) is 25.5 Å². The lowest BCUT2D eigenvalue weighted by atomic mass is 9.69. The number of hydrogen-bond acceptors (Lipinski definition) is 5. The summed E-state index contributed by atoms with van der Waals surface area (Å²) >= 11 is 0. The van der Waals surface area contributed by atoms with Gasteiger partial charge in [0, 0.05) is 12.0 Å². The van der Waals surface area contributed by atoms with E-state index in [1.165, 1.54) is 0 Å². The van der Waals surface area contributed by atoms with Gasteiger partial charge in [0.25, 0.3) is 0 Å². The van der Waals surface area contributed by atoms with Gasteiger partial charge in [-0.15, -0.1) is 0 Å². The van der Waals surface area contributed by atoms with Crippen molar-refractivity contribution in [2.45, 2.75) is 52.2 Å². The molecule has 102 valence electrons. The predicted molar refractivity (Wildman–Crippen MR) is 65.3 cm³/mol. The smallest absolute Gasteiger partial charge is 0.307 e. The minimum atomic E-state index is -0.937. The summed E-state index contributed by atoms with van der Waals surface area (Å²) in [5.41, 5.74) is 3.72. The highest BCUT2D eigenvalue weighted by Gasteiger charge is 2.47. The third-order valence-corrected chi connectivity index (χ3v) is 3.74. The van der Waals surface area contributed by atoms with Crippen LogP contribution in [0.5, 0.6) is 0 Å². The fourth-order valence-electron chi connectivity index (χ4n) is 1.83. The van der Waals surface area contributed by atoms with Crippen LogP contribution in [0.4, 0.5) is 0 Å². The maximum Gasteiger partial charge on any atom is 0.307 e. The molecule has 0 radical (unpaired) electrons. The van der Waals surface area contributed by atoms with Crippen molar-refractivity contribution < 1.29 is 19.7 Å². The number of aliphatic hydroxyl groups excluding tert-OH is 2. The van der Waals surface area contributed by atoms with Crippen LogP contribution in [-0.4, -0.2) is 41.0 Å². The lowest BCUT2D eigenvalue weighted by Gasteiger charge is -2.45. The van der Waals surface area contributed by atoms with Gasteiger partial charge in [0.2, 0.25) is 0 Å². The summed E-state index contributed by atoms with van der Waals surface area (Å²) in [6.07, 6.45) is -0.205. The van der Waals surface area contributed by atoms with Crippen LogP contribution in [0.15, 0.2) is 0 Å². The second-order valence-electron chi connectivity index (χ2n) is 4.99. The highest BCUT2D eigenvalue weighted by atomic mass is 16.6. The molecule has 0 aromatic heterocycles. The van der Waals surface area contributed by atoms with E-state index < -0.39 is 17.1 Å². The second kappa shape index (κ2) is 6.33. The van der Waals surface area contributed by atoms with E-state index in [1.807, 2.05) is 6.92 Å². The topological polar surface area (TPSA) is 92.8 Å². The Morgan fingerprint density at radius 2 is 1.94 bits per heavy atom. The first kappa shape index (κ1) is 16.4. The lowest BCUT2D eigenvalue weighted by Crippen LogP contribution is -2.53. The van der Waals surface area contributed by atoms with Gasteiger partial charge in [-0.3, -0.25) is 4.79 Å². The van der Waals surface area contributed by atoms with Gasteiger partial charge in [-0.05, 0) is 20.3 Å². The number of hydrogen-bond donors (Lipinski definition) is 3. The van der Waals surface area contributed by atoms with Crippen molar-refractivity contribution in [1.82, 2.24) is 0 Å². The van der Waals surface area contributed by atoms with Crippen LogP contribution in [0.1, 0.15) is 40.5 Å². The average molecular weight is 247 g/mol. The Balaban J connectivity index is 4.91. The number of nitrogens with two attached hydrogens (primary N) is 1. The van der Waals surface area contributed by atoms with E-state index in [4.69, 9.17) is 15.6 Å². The molecule has 0 amide bonds. The molecule has 5 nitrogen and oxygen atoms in total. The molecule has 0 aliphatic carbocycles. The number of rotatable bonds is 7. The maximum absolute atomic E-state index is 11.5. The van der Waals surface area contributed by atoms with E-state index >= 15 is 0 Å². The number of aliphatic hydroxyl groups is 2. The van der Waals surface area contributed by atoms with Crippen molar-refractivity contribution in [2.24, 2.45) is 11.1 Å². The molecule has 4 N–H and O–H groups in total. The van der Waals surface area contributed by atoms with E-state index in [0.717, 1.165) is 0 Å². The number of ether oxygens (including phenoxy) is 1. The first-order valence-corrected chi connectivity index (χ1v) is 5.96. The van der Waals surface area contributed by atoms with Crippen LogP contribution in [0, 0.1) is 5.41 Å². The second-order valence-corrected chi connectivity index (χ2v) is 4.99. The molecule has 5 heteroatoms. The SMILES string of the molecule is CCC(C)(C(O)CO)C(C)(C)OC(=O)CCN. The molecule has 0 bridgehead atoms. The van der Waals surface area contributed by atoms with Crippen LogP contribution < -0.4 is 5.73 Å². The van der Waals surface area contributed by atoms with Crippen molar-refractivity contribution in [1.29, 1.82) is 0 Å². The predicted octanol–water partition coefficient (Wildman–Crippen LogP) is 0.426. The van der Waals surface area contributed by atoms with Crippen LogP contribution >= 0.6 is 0 Å². The van der Waals surface area contributed by atoms with Gasteiger partial charge in [-0.2, -0.15) is 0 Å². The first-order valence-electron chi connectivity index (χ1n) is 5.96. The molecule has 0 spiro atoms. The van der Waals surface area contributed by atoms with Crippen molar-refractivity contribution >= 4 is 5.97 Å². The van der Waals surface area contributed by atoms with Crippen molar-refractivity contribution in [3.05, 3.63) is 0 Å². The minimum absolute atomic E-state index is 0.151. The van der Waals surface area contributed by atoms with Gasteiger partial charge in [0.15, 0.2) is 0 Å². The molecular weight excluding hydrogens is 222 g/mol. The number of esters is 1. The highest BCUT2D eigenvalue weighted by molar-refractivity contribution is 5.70. The Morgan fingerprint density at radius 3 is 2.29 bits per heavy atom. The molecule has 0 aromatic carbocycles. The Hall–Kier alpha value is -0.650. The van der Waals surface area contributed by atoms with Crippen LogP contribution in [0.2, 0.25) is 0 Å². The molecule has 0 aliphatic heterocycles. The standard InChI is InChI=1S/C12H25NO4/c1-5-12(4,9(15)8-14)11(2,3)17-10(16)6-7-13/h9,14-15H,5-8,13H2,1-4H3. The fraction of sp³-hybridized carbons (Fsp3) is 0.917. The summed E-state index contributed by atoms with van der Waals surface area (Å²) in [6, 6.07) is 0. The monoisotopic (exact) mass is 247 g/mol. The molecule has 0 rings (SSSR count). The molecule has 0 fully saturated rings. The molecule has 2 unspecified atom stereocenters. The molecule has 0 saturated heterocycles. The van der Waals surface area contributed by atoms with Gasteiger partial charge in [0.1, 0.15) is 5.60 Å². The molecule has 0 heterocycles. The van der Waals surface area contributed by atoms with Crippen LogP contribution in [0.3, 0.4) is 0 Å². The number of carbonyl (C=O) groups excluding carboxylic acids is 1. The van der Waals surface area contributed by atoms with Gasteiger partial charge in [0.05, 0.1) is 19.1 Å². The quantitative estimate of drug-likeness (QED) is 0.567. The van der Waals surface area contributed by atoms with Gasteiger partial charge in [-0.1, -0.05) is 13.8 Å².